The summed E-state index contributed by atoms with van der Waals surface area (Å²) in [5.74, 6) is -0.695. The van der Waals surface area contributed by atoms with E-state index in [9.17, 15) is 19.5 Å². The highest BCUT2D eigenvalue weighted by atomic mass is 16.6. The van der Waals surface area contributed by atoms with Gasteiger partial charge in [0.15, 0.2) is 0 Å². The zero-order valence-electron chi connectivity index (χ0n) is 20.9. The van der Waals surface area contributed by atoms with Crippen molar-refractivity contribution in [1.82, 2.24) is 15.5 Å². The molecule has 1 aromatic rings. The quantitative estimate of drug-likeness (QED) is 0.401. The van der Waals surface area contributed by atoms with Crippen molar-refractivity contribution < 1.29 is 24.2 Å². The largest absolute Gasteiger partial charge is 0.508 e. The first kappa shape index (κ1) is 28.3. The number of hydrogen-bond donors (Lipinski definition) is 3. The summed E-state index contributed by atoms with van der Waals surface area (Å²) in [6.07, 6.45) is 3.60. The first-order valence-electron chi connectivity index (χ1n) is 11.9. The van der Waals surface area contributed by atoms with Gasteiger partial charge in [0, 0.05) is 13.1 Å². The SMILES string of the molecule is CCCCCN(C(=O)C(C)NC(=O)OC(C)(C)C)C(C(=O)NCCCC)c1cccc(O)c1. The summed E-state index contributed by atoms with van der Waals surface area (Å²) in [6, 6.07) is 4.55. The third-order valence-electron chi connectivity index (χ3n) is 4.96. The number of phenolic OH excluding ortho intramolecular Hbond substituents is 1. The Kier molecular flexibility index (Phi) is 11.7. The number of ether oxygens (including phenoxy) is 1. The molecular formula is C25H41N3O5. The van der Waals surface area contributed by atoms with Gasteiger partial charge in [-0.1, -0.05) is 45.2 Å². The second-order valence-corrected chi connectivity index (χ2v) is 9.25. The molecule has 0 spiro atoms. The number of benzene rings is 1. The minimum Gasteiger partial charge on any atom is -0.508 e. The second kappa shape index (κ2) is 13.7. The number of carbonyl (C=O) groups is 3. The molecule has 0 aliphatic carbocycles. The number of nitrogens with zero attached hydrogens (tertiary/aromatic N) is 1. The molecule has 0 bridgehead atoms. The molecule has 0 fully saturated rings. The van der Waals surface area contributed by atoms with E-state index in [4.69, 9.17) is 4.74 Å². The van der Waals surface area contributed by atoms with Crippen LogP contribution in [-0.4, -0.2) is 52.6 Å². The van der Waals surface area contributed by atoms with Gasteiger partial charge >= 0.3 is 6.09 Å². The van der Waals surface area contributed by atoms with Crippen LogP contribution in [0.25, 0.3) is 0 Å². The van der Waals surface area contributed by atoms with E-state index in [0.29, 0.717) is 25.1 Å². The molecule has 0 aliphatic rings. The number of carbonyl (C=O) groups excluding carboxylic acids is 3. The number of hydrogen-bond acceptors (Lipinski definition) is 5. The van der Waals surface area contributed by atoms with E-state index in [-0.39, 0.29) is 11.7 Å². The molecule has 0 saturated heterocycles. The third kappa shape index (κ3) is 10.1. The number of phenols is 1. The fraction of sp³-hybridized carbons (Fsp3) is 0.640. The van der Waals surface area contributed by atoms with Gasteiger partial charge in [-0.15, -0.1) is 0 Å². The van der Waals surface area contributed by atoms with Crippen LogP contribution in [0.4, 0.5) is 4.79 Å². The van der Waals surface area contributed by atoms with Crippen molar-refractivity contribution in [2.75, 3.05) is 13.1 Å². The number of alkyl carbamates (subject to hydrolysis) is 1. The van der Waals surface area contributed by atoms with Gasteiger partial charge in [0.05, 0.1) is 0 Å². The van der Waals surface area contributed by atoms with Crippen LogP contribution >= 0.6 is 0 Å². The Hall–Kier alpha value is -2.77. The monoisotopic (exact) mass is 463 g/mol. The van der Waals surface area contributed by atoms with Crippen molar-refractivity contribution in [1.29, 1.82) is 0 Å². The van der Waals surface area contributed by atoms with Crippen molar-refractivity contribution >= 4 is 17.9 Å². The lowest BCUT2D eigenvalue weighted by Gasteiger charge is -2.33. The van der Waals surface area contributed by atoms with Crippen molar-refractivity contribution in [3.63, 3.8) is 0 Å². The highest BCUT2D eigenvalue weighted by molar-refractivity contribution is 5.92. The fourth-order valence-electron chi connectivity index (χ4n) is 3.35. The number of rotatable bonds is 12. The van der Waals surface area contributed by atoms with Crippen LogP contribution in [-0.2, 0) is 14.3 Å². The molecule has 0 saturated carbocycles. The topological polar surface area (TPSA) is 108 Å². The summed E-state index contributed by atoms with van der Waals surface area (Å²) >= 11 is 0. The van der Waals surface area contributed by atoms with Crippen molar-refractivity contribution in [3.05, 3.63) is 29.8 Å². The maximum Gasteiger partial charge on any atom is 0.408 e. The van der Waals surface area contributed by atoms with E-state index < -0.39 is 29.7 Å². The van der Waals surface area contributed by atoms with Crippen molar-refractivity contribution in [2.24, 2.45) is 0 Å². The van der Waals surface area contributed by atoms with Crippen LogP contribution in [0.1, 0.15) is 85.3 Å². The summed E-state index contributed by atoms with van der Waals surface area (Å²) in [7, 11) is 0. The van der Waals surface area contributed by atoms with Gasteiger partial charge in [0.1, 0.15) is 23.4 Å². The van der Waals surface area contributed by atoms with Crippen LogP contribution in [0.5, 0.6) is 5.75 Å². The summed E-state index contributed by atoms with van der Waals surface area (Å²) in [5.41, 5.74) is -0.185. The molecule has 2 unspecified atom stereocenters. The minimum atomic E-state index is -0.929. The van der Waals surface area contributed by atoms with Crippen molar-refractivity contribution in [2.45, 2.75) is 91.3 Å². The van der Waals surface area contributed by atoms with Crippen molar-refractivity contribution in [3.8, 4) is 5.75 Å². The molecule has 8 nitrogen and oxygen atoms in total. The van der Waals surface area contributed by atoms with Gasteiger partial charge in [-0.25, -0.2) is 4.79 Å². The maximum atomic E-state index is 13.5. The van der Waals surface area contributed by atoms with Crippen LogP contribution < -0.4 is 10.6 Å². The number of amides is 3. The molecule has 0 aliphatic heterocycles. The van der Waals surface area contributed by atoms with Crippen LogP contribution in [0.2, 0.25) is 0 Å². The minimum absolute atomic E-state index is 0.0137. The van der Waals surface area contributed by atoms with E-state index in [2.05, 4.69) is 17.6 Å². The lowest BCUT2D eigenvalue weighted by molar-refractivity contribution is -0.142. The molecule has 33 heavy (non-hydrogen) atoms. The van der Waals surface area contributed by atoms with Gasteiger partial charge in [-0.3, -0.25) is 9.59 Å². The fourth-order valence-corrected chi connectivity index (χ4v) is 3.35. The highest BCUT2D eigenvalue weighted by Gasteiger charge is 2.34. The lowest BCUT2D eigenvalue weighted by atomic mass is 10.0. The Morgan fingerprint density at radius 1 is 1.09 bits per heavy atom. The smallest absolute Gasteiger partial charge is 0.408 e. The summed E-state index contributed by atoms with van der Waals surface area (Å²) in [5, 5.41) is 15.5. The van der Waals surface area contributed by atoms with Gasteiger partial charge in [0.2, 0.25) is 11.8 Å². The Morgan fingerprint density at radius 2 is 1.76 bits per heavy atom. The zero-order chi connectivity index (χ0) is 25.0. The normalized spacial score (nSPS) is 13.0. The Balaban J connectivity index is 3.24. The third-order valence-corrected chi connectivity index (χ3v) is 4.96. The second-order valence-electron chi connectivity index (χ2n) is 9.25. The first-order valence-corrected chi connectivity index (χ1v) is 11.9. The van der Waals surface area contributed by atoms with E-state index in [1.165, 1.54) is 17.0 Å². The number of aromatic hydroxyl groups is 1. The molecular weight excluding hydrogens is 422 g/mol. The number of unbranched alkanes of at least 4 members (excludes halogenated alkanes) is 3. The average Bonchev–Trinajstić information content (AvgIpc) is 2.71. The van der Waals surface area contributed by atoms with Crippen LogP contribution in [0.3, 0.4) is 0 Å². The highest BCUT2D eigenvalue weighted by Crippen LogP contribution is 2.26. The molecule has 1 rings (SSSR count). The molecule has 8 heteroatoms. The zero-order valence-corrected chi connectivity index (χ0v) is 20.9. The Morgan fingerprint density at radius 3 is 2.33 bits per heavy atom. The molecule has 2 atom stereocenters. The molecule has 3 N–H and O–H groups in total. The molecule has 1 aromatic carbocycles. The Bertz CT molecular complexity index is 776. The summed E-state index contributed by atoms with van der Waals surface area (Å²) in [4.78, 5) is 40.5. The lowest BCUT2D eigenvalue weighted by Crippen LogP contribution is -2.52. The molecule has 0 aromatic heterocycles. The predicted octanol–water partition coefficient (Wildman–Crippen LogP) is 4.28. The van der Waals surface area contributed by atoms with Gasteiger partial charge < -0.3 is 25.4 Å². The standard InChI is InChI=1S/C25H41N3O5/c1-7-9-11-16-28(23(31)18(3)27-24(32)33-25(4,5)6)21(22(30)26-15-10-8-2)19-13-12-14-20(29)17-19/h12-14,17-18,21,29H,7-11,15-16H2,1-6H3,(H,26,30)(H,27,32). The molecule has 186 valence electrons. The van der Waals surface area contributed by atoms with Gasteiger partial charge in [0.25, 0.3) is 0 Å². The van der Waals surface area contributed by atoms with Gasteiger partial charge in [-0.05, 0) is 58.2 Å². The predicted molar refractivity (Wildman–Crippen MR) is 129 cm³/mol. The van der Waals surface area contributed by atoms with Gasteiger partial charge in [-0.2, -0.15) is 0 Å². The van der Waals surface area contributed by atoms with E-state index in [1.54, 1.807) is 39.8 Å². The summed E-state index contributed by atoms with van der Waals surface area (Å²) in [6.45, 7) is 11.7. The summed E-state index contributed by atoms with van der Waals surface area (Å²) < 4.78 is 5.28. The maximum absolute atomic E-state index is 13.5. The molecule has 0 radical (unpaired) electrons. The first-order chi connectivity index (χ1) is 15.5. The Labute approximate surface area is 198 Å². The average molecular weight is 464 g/mol. The molecule has 0 heterocycles. The van der Waals surface area contributed by atoms with E-state index >= 15 is 0 Å². The number of nitrogens with one attached hydrogen (secondary N) is 2. The van der Waals surface area contributed by atoms with Crippen LogP contribution in [0, 0.1) is 0 Å². The van der Waals surface area contributed by atoms with E-state index in [0.717, 1.165) is 25.7 Å². The molecule has 3 amide bonds. The van der Waals surface area contributed by atoms with Crippen LogP contribution in [0.15, 0.2) is 24.3 Å². The van der Waals surface area contributed by atoms with E-state index in [1.807, 2.05) is 6.92 Å².